The van der Waals surface area contributed by atoms with Crippen LogP contribution in [0.3, 0.4) is 0 Å². The first-order valence-electron chi connectivity index (χ1n) is 2.64. The van der Waals surface area contributed by atoms with Crippen LogP contribution in [-0.4, -0.2) is 11.0 Å². The van der Waals surface area contributed by atoms with Crippen molar-refractivity contribution in [1.82, 2.24) is 4.98 Å². The maximum absolute atomic E-state index is 12.5. The van der Waals surface area contributed by atoms with Gasteiger partial charge in [0.2, 0.25) is 0 Å². The zero-order chi connectivity index (χ0) is 8.43. The highest BCUT2D eigenvalue weighted by Crippen LogP contribution is 2.08. The number of carboxylic acids is 1. The summed E-state index contributed by atoms with van der Waals surface area (Å²) in [7, 11) is 0. The van der Waals surface area contributed by atoms with E-state index >= 15 is 0 Å². The zero-order valence-corrected chi connectivity index (χ0v) is 5.93. The fraction of sp³-hybridized carbons (Fsp3) is 0. The molecule has 0 N–H and O–H groups in total. The molecule has 0 aliphatic rings. The summed E-state index contributed by atoms with van der Waals surface area (Å²) < 4.78 is 12.5. The Morgan fingerprint density at radius 2 is 2.27 bits per heavy atom. The Hall–Kier alpha value is -1.16. The number of hydrogen-bond donors (Lipinski definition) is 0. The lowest BCUT2D eigenvalue weighted by Crippen LogP contribution is -2.24. The topological polar surface area (TPSA) is 53.0 Å². The van der Waals surface area contributed by atoms with Crippen LogP contribution in [0, 0.1) is 5.82 Å². The van der Waals surface area contributed by atoms with Crippen LogP contribution in [0.4, 0.5) is 4.39 Å². The Labute approximate surface area is 66.4 Å². The van der Waals surface area contributed by atoms with E-state index in [1.165, 1.54) is 0 Å². The molecule has 0 atom stereocenters. The summed E-state index contributed by atoms with van der Waals surface area (Å²) in [6.07, 6.45) is 0. The minimum absolute atomic E-state index is 0.0781. The van der Waals surface area contributed by atoms with Crippen molar-refractivity contribution < 1.29 is 14.3 Å². The molecule has 0 bridgehead atoms. The van der Waals surface area contributed by atoms with E-state index in [-0.39, 0.29) is 5.15 Å². The molecule has 0 unspecified atom stereocenters. The SMILES string of the molecule is O=C([O-])c1nc(Cl)ccc1F. The van der Waals surface area contributed by atoms with Crippen LogP contribution in [0.2, 0.25) is 5.15 Å². The normalized spacial score (nSPS) is 9.64. The van der Waals surface area contributed by atoms with Gasteiger partial charge in [0.1, 0.15) is 10.8 Å². The van der Waals surface area contributed by atoms with Gasteiger partial charge in [0.05, 0.1) is 5.97 Å². The molecule has 0 aromatic carbocycles. The third-order valence-electron chi connectivity index (χ3n) is 1.01. The quantitative estimate of drug-likeness (QED) is 0.573. The third-order valence-corrected chi connectivity index (χ3v) is 1.22. The van der Waals surface area contributed by atoms with Crippen molar-refractivity contribution >= 4 is 17.6 Å². The van der Waals surface area contributed by atoms with Gasteiger partial charge in [-0.25, -0.2) is 9.37 Å². The first-order valence-corrected chi connectivity index (χ1v) is 3.02. The van der Waals surface area contributed by atoms with Gasteiger partial charge in [-0.3, -0.25) is 0 Å². The lowest BCUT2D eigenvalue weighted by Gasteiger charge is -2.01. The first-order chi connectivity index (χ1) is 5.11. The van der Waals surface area contributed by atoms with Gasteiger partial charge in [0.25, 0.3) is 0 Å². The molecule has 11 heavy (non-hydrogen) atoms. The Kier molecular flexibility index (Phi) is 2.05. The van der Waals surface area contributed by atoms with Crippen LogP contribution in [0.25, 0.3) is 0 Å². The first kappa shape index (κ1) is 7.94. The molecule has 0 aliphatic heterocycles. The van der Waals surface area contributed by atoms with Crippen LogP contribution in [0.5, 0.6) is 0 Å². The summed E-state index contributed by atoms with van der Waals surface area (Å²) in [6, 6.07) is 2.07. The molecule has 5 heteroatoms. The second-order valence-electron chi connectivity index (χ2n) is 1.75. The summed E-state index contributed by atoms with van der Waals surface area (Å²) in [5.74, 6) is -2.63. The monoisotopic (exact) mass is 174 g/mol. The van der Waals surface area contributed by atoms with E-state index < -0.39 is 17.5 Å². The van der Waals surface area contributed by atoms with Crippen molar-refractivity contribution in [3.63, 3.8) is 0 Å². The highest BCUT2D eigenvalue weighted by molar-refractivity contribution is 6.29. The number of carbonyl (C=O) groups is 1. The summed E-state index contributed by atoms with van der Waals surface area (Å²) in [5.41, 5.74) is -0.766. The number of hydrogen-bond acceptors (Lipinski definition) is 3. The zero-order valence-electron chi connectivity index (χ0n) is 5.17. The molecule has 0 spiro atoms. The van der Waals surface area contributed by atoms with Gasteiger partial charge in [-0.05, 0) is 12.1 Å². The second-order valence-corrected chi connectivity index (χ2v) is 2.14. The molecule has 1 aromatic heterocycles. The minimum atomic E-state index is -1.68. The van der Waals surface area contributed by atoms with Crippen LogP contribution < -0.4 is 5.11 Å². The maximum atomic E-state index is 12.5. The molecule has 0 amide bonds. The van der Waals surface area contributed by atoms with Gasteiger partial charge < -0.3 is 9.90 Å². The Balaban J connectivity index is 3.23. The Morgan fingerprint density at radius 1 is 1.64 bits per heavy atom. The largest absolute Gasteiger partial charge is 0.543 e. The van der Waals surface area contributed by atoms with Crippen molar-refractivity contribution in [2.45, 2.75) is 0 Å². The maximum Gasteiger partial charge on any atom is 0.150 e. The molecule has 0 saturated carbocycles. The fourth-order valence-electron chi connectivity index (χ4n) is 0.561. The predicted octanol–water partition coefficient (Wildman–Crippen LogP) is 0.238. The molecule has 1 heterocycles. The van der Waals surface area contributed by atoms with Crippen LogP contribution in [0.15, 0.2) is 12.1 Å². The van der Waals surface area contributed by atoms with Gasteiger partial charge >= 0.3 is 0 Å². The van der Waals surface area contributed by atoms with Crippen molar-refractivity contribution in [3.05, 3.63) is 28.8 Å². The fourth-order valence-corrected chi connectivity index (χ4v) is 0.709. The smallest absolute Gasteiger partial charge is 0.150 e. The van der Waals surface area contributed by atoms with Crippen LogP contribution in [0.1, 0.15) is 10.5 Å². The number of pyridine rings is 1. The minimum Gasteiger partial charge on any atom is -0.543 e. The summed E-state index contributed by atoms with van der Waals surface area (Å²) in [4.78, 5) is 13.3. The van der Waals surface area contributed by atoms with Crippen molar-refractivity contribution in [2.24, 2.45) is 0 Å². The van der Waals surface area contributed by atoms with E-state index in [1.807, 2.05) is 0 Å². The molecule has 0 fully saturated rings. The van der Waals surface area contributed by atoms with Gasteiger partial charge in [0.15, 0.2) is 5.82 Å². The summed E-state index contributed by atoms with van der Waals surface area (Å²) >= 11 is 5.29. The second kappa shape index (κ2) is 2.84. The molecule has 3 nitrogen and oxygen atoms in total. The third kappa shape index (κ3) is 1.65. The molecule has 0 aliphatic carbocycles. The van der Waals surface area contributed by atoms with E-state index in [0.717, 1.165) is 12.1 Å². The molecular weight excluding hydrogens is 173 g/mol. The molecule has 58 valence electrons. The summed E-state index contributed by atoms with van der Waals surface area (Å²) in [6.45, 7) is 0. The number of carboxylic acid groups (broad SMARTS) is 1. The van der Waals surface area contributed by atoms with Crippen molar-refractivity contribution in [1.29, 1.82) is 0 Å². The Morgan fingerprint density at radius 3 is 2.73 bits per heavy atom. The number of aromatic nitrogens is 1. The average Bonchev–Trinajstić information content (AvgIpc) is 1.94. The van der Waals surface area contributed by atoms with E-state index in [4.69, 9.17) is 11.6 Å². The lowest BCUT2D eigenvalue weighted by atomic mass is 10.3. The highest BCUT2D eigenvalue weighted by atomic mass is 35.5. The molecule has 0 radical (unpaired) electrons. The number of nitrogens with zero attached hydrogens (tertiary/aromatic N) is 1. The van der Waals surface area contributed by atoms with Gasteiger partial charge in [-0.15, -0.1) is 0 Å². The van der Waals surface area contributed by atoms with Crippen LogP contribution in [-0.2, 0) is 0 Å². The predicted molar refractivity (Wildman–Crippen MR) is 33.5 cm³/mol. The number of aromatic carboxylic acids is 1. The van der Waals surface area contributed by atoms with Gasteiger partial charge in [0, 0.05) is 0 Å². The Bertz CT molecular complexity index is 303. The molecular formula is C6H2ClFNO2-. The van der Waals surface area contributed by atoms with Crippen molar-refractivity contribution in [2.75, 3.05) is 0 Å². The van der Waals surface area contributed by atoms with Gasteiger partial charge in [-0.2, -0.15) is 0 Å². The van der Waals surface area contributed by atoms with Gasteiger partial charge in [-0.1, -0.05) is 11.6 Å². The summed E-state index contributed by atoms with van der Waals surface area (Å²) in [5, 5.41) is 10.0. The number of carbonyl (C=O) groups excluding carboxylic acids is 1. The van der Waals surface area contributed by atoms with E-state index in [0.29, 0.717) is 0 Å². The van der Waals surface area contributed by atoms with E-state index in [2.05, 4.69) is 4.98 Å². The van der Waals surface area contributed by atoms with Crippen LogP contribution >= 0.6 is 11.6 Å². The number of rotatable bonds is 1. The molecule has 1 rings (SSSR count). The van der Waals surface area contributed by atoms with E-state index in [1.54, 1.807) is 0 Å². The number of halogens is 2. The standard InChI is InChI=1S/C6H3ClFNO2/c7-4-2-1-3(8)5(9-4)6(10)11/h1-2H,(H,10,11)/p-1. The molecule has 1 aromatic rings. The highest BCUT2D eigenvalue weighted by Gasteiger charge is 2.04. The lowest BCUT2D eigenvalue weighted by molar-refractivity contribution is -0.255. The van der Waals surface area contributed by atoms with E-state index in [9.17, 15) is 14.3 Å². The average molecular weight is 175 g/mol. The molecule has 0 saturated heterocycles. The van der Waals surface area contributed by atoms with Crippen molar-refractivity contribution in [3.8, 4) is 0 Å².